The van der Waals surface area contributed by atoms with Crippen LogP contribution in [-0.4, -0.2) is 43.7 Å². The molecule has 5 nitrogen and oxygen atoms in total. The first-order chi connectivity index (χ1) is 12.8. The summed E-state index contributed by atoms with van der Waals surface area (Å²) >= 11 is 0. The fourth-order valence-corrected chi connectivity index (χ4v) is 3.62. The summed E-state index contributed by atoms with van der Waals surface area (Å²) in [6.07, 6.45) is 1.01. The lowest BCUT2D eigenvalue weighted by Gasteiger charge is -2.37. The summed E-state index contributed by atoms with van der Waals surface area (Å²) in [6.45, 7) is 5.36. The number of nitrogens with zero attached hydrogens (tertiary/aromatic N) is 1. The van der Waals surface area contributed by atoms with E-state index >= 15 is 0 Å². The van der Waals surface area contributed by atoms with Gasteiger partial charge in [-0.05, 0) is 29.7 Å². The fraction of sp³-hybridized carbons (Fsp3) is 0.381. The predicted molar refractivity (Wildman–Crippen MR) is 107 cm³/mol. The molecular weight excluding hydrogens is 364 g/mol. The Hall–Kier alpha value is -2.24. The number of hydrogen-bond acceptors (Lipinski definition) is 4. The highest BCUT2D eigenvalue weighted by molar-refractivity contribution is 5.98. The second-order valence-electron chi connectivity index (χ2n) is 6.64. The van der Waals surface area contributed by atoms with Gasteiger partial charge < -0.3 is 19.7 Å². The normalized spacial score (nSPS) is 18.6. The summed E-state index contributed by atoms with van der Waals surface area (Å²) in [5, 5.41) is 3.41. The lowest BCUT2D eigenvalue weighted by atomic mass is 9.99. The van der Waals surface area contributed by atoms with Crippen molar-refractivity contribution in [1.82, 2.24) is 10.2 Å². The molecule has 0 aromatic heterocycles. The number of rotatable bonds is 3. The van der Waals surface area contributed by atoms with Crippen LogP contribution in [0.15, 0.2) is 42.5 Å². The van der Waals surface area contributed by atoms with Crippen molar-refractivity contribution in [2.75, 3.05) is 32.8 Å². The van der Waals surface area contributed by atoms with Crippen molar-refractivity contribution < 1.29 is 14.3 Å². The van der Waals surface area contributed by atoms with E-state index in [2.05, 4.69) is 36.5 Å². The number of hydrogen-bond donors (Lipinski definition) is 1. The predicted octanol–water partition coefficient (Wildman–Crippen LogP) is 3.23. The van der Waals surface area contributed by atoms with Gasteiger partial charge in [0.1, 0.15) is 13.2 Å². The van der Waals surface area contributed by atoms with Gasteiger partial charge in [-0.3, -0.25) is 4.79 Å². The van der Waals surface area contributed by atoms with E-state index in [1.807, 2.05) is 23.1 Å². The van der Waals surface area contributed by atoms with Gasteiger partial charge in [0.05, 0.1) is 11.6 Å². The van der Waals surface area contributed by atoms with Gasteiger partial charge in [0.25, 0.3) is 5.91 Å². The summed E-state index contributed by atoms with van der Waals surface area (Å²) in [4.78, 5) is 15.3. The fourth-order valence-electron chi connectivity index (χ4n) is 3.62. The monoisotopic (exact) mass is 388 g/mol. The standard InChI is InChI=1S/C21H24N2O3.ClH/c1-2-15-6-8-16(9-7-15)18-14-22-10-11-23(18)21(24)17-4-3-5-19-20(17)26-13-12-25-19;/h3-9,18,22H,2,10-14H2,1H3;1H. The van der Waals surface area contributed by atoms with E-state index in [0.717, 1.165) is 25.1 Å². The largest absolute Gasteiger partial charge is 0.486 e. The first-order valence-electron chi connectivity index (χ1n) is 9.27. The number of fused-ring (bicyclic) bond motifs is 1. The highest BCUT2D eigenvalue weighted by atomic mass is 35.5. The van der Waals surface area contributed by atoms with Crippen molar-refractivity contribution in [2.45, 2.75) is 19.4 Å². The van der Waals surface area contributed by atoms with Crippen molar-refractivity contribution in [3.63, 3.8) is 0 Å². The third-order valence-electron chi connectivity index (χ3n) is 5.07. The summed E-state index contributed by atoms with van der Waals surface area (Å²) < 4.78 is 11.4. The zero-order chi connectivity index (χ0) is 17.9. The SMILES string of the molecule is CCc1ccc(C2CNCCN2C(=O)c2cccc3c2OCCO3)cc1.Cl. The molecule has 0 aliphatic carbocycles. The molecule has 1 amide bonds. The Kier molecular flexibility index (Phi) is 6.24. The zero-order valence-electron chi connectivity index (χ0n) is 15.4. The minimum Gasteiger partial charge on any atom is -0.486 e. The van der Waals surface area contributed by atoms with Gasteiger partial charge >= 0.3 is 0 Å². The van der Waals surface area contributed by atoms with E-state index in [4.69, 9.17) is 9.47 Å². The van der Waals surface area contributed by atoms with Crippen molar-refractivity contribution in [1.29, 1.82) is 0 Å². The molecule has 144 valence electrons. The summed E-state index contributed by atoms with van der Waals surface area (Å²) in [7, 11) is 0. The minimum absolute atomic E-state index is 0. The average molecular weight is 389 g/mol. The van der Waals surface area contributed by atoms with Gasteiger partial charge in [-0.2, -0.15) is 0 Å². The Balaban J connectivity index is 0.00000210. The van der Waals surface area contributed by atoms with Crippen molar-refractivity contribution in [2.24, 2.45) is 0 Å². The molecular formula is C21H25ClN2O3. The molecule has 0 saturated carbocycles. The van der Waals surface area contributed by atoms with Gasteiger partial charge in [-0.1, -0.05) is 37.3 Å². The first kappa shape index (κ1) is 19.5. The molecule has 1 N–H and O–H groups in total. The molecule has 2 aromatic carbocycles. The zero-order valence-corrected chi connectivity index (χ0v) is 16.3. The molecule has 2 aliphatic rings. The van der Waals surface area contributed by atoms with Crippen LogP contribution >= 0.6 is 12.4 Å². The van der Waals surface area contributed by atoms with Crippen LogP contribution in [0.5, 0.6) is 11.5 Å². The summed E-state index contributed by atoms with van der Waals surface area (Å²) in [5.74, 6) is 1.22. The van der Waals surface area contributed by atoms with E-state index in [1.165, 1.54) is 5.56 Å². The van der Waals surface area contributed by atoms with Gasteiger partial charge in [-0.25, -0.2) is 0 Å². The Morgan fingerprint density at radius 2 is 1.93 bits per heavy atom. The maximum absolute atomic E-state index is 13.3. The molecule has 2 aromatic rings. The second-order valence-corrected chi connectivity index (χ2v) is 6.64. The summed E-state index contributed by atoms with van der Waals surface area (Å²) in [6, 6.07) is 14.1. The van der Waals surface area contributed by atoms with Gasteiger partial charge in [-0.15, -0.1) is 12.4 Å². The average Bonchev–Trinajstić information content (AvgIpc) is 2.73. The maximum atomic E-state index is 13.3. The third-order valence-corrected chi connectivity index (χ3v) is 5.07. The van der Waals surface area contributed by atoms with Crippen LogP contribution in [0.25, 0.3) is 0 Å². The smallest absolute Gasteiger partial charge is 0.258 e. The van der Waals surface area contributed by atoms with Crippen LogP contribution in [0.2, 0.25) is 0 Å². The molecule has 0 bridgehead atoms. The molecule has 1 saturated heterocycles. The lowest BCUT2D eigenvalue weighted by molar-refractivity contribution is 0.0624. The van der Waals surface area contributed by atoms with E-state index < -0.39 is 0 Å². The Bertz CT molecular complexity index is 795. The number of benzene rings is 2. The molecule has 27 heavy (non-hydrogen) atoms. The topological polar surface area (TPSA) is 50.8 Å². The third kappa shape index (κ3) is 3.89. The van der Waals surface area contributed by atoms with Gasteiger partial charge in [0.2, 0.25) is 0 Å². The maximum Gasteiger partial charge on any atom is 0.258 e. The molecule has 2 heterocycles. The number of nitrogens with one attached hydrogen (secondary N) is 1. The van der Waals surface area contributed by atoms with Gasteiger partial charge in [0.15, 0.2) is 11.5 Å². The number of carbonyl (C=O) groups is 1. The van der Waals surface area contributed by atoms with E-state index in [1.54, 1.807) is 0 Å². The van der Waals surface area contributed by atoms with Crippen LogP contribution in [0.3, 0.4) is 0 Å². The highest BCUT2D eigenvalue weighted by Gasteiger charge is 2.31. The van der Waals surface area contributed by atoms with E-state index in [9.17, 15) is 4.79 Å². The Morgan fingerprint density at radius 1 is 1.15 bits per heavy atom. The molecule has 2 aliphatic heterocycles. The summed E-state index contributed by atoms with van der Waals surface area (Å²) in [5.41, 5.74) is 3.04. The van der Waals surface area contributed by atoms with Crippen LogP contribution in [0.1, 0.15) is 34.5 Å². The number of halogens is 1. The molecule has 0 radical (unpaired) electrons. The number of aryl methyl sites for hydroxylation is 1. The molecule has 1 atom stereocenters. The quantitative estimate of drug-likeness (QED) is 0.877. The Labute approximate surface area is 166 Å². The number of piperazine rings is 1. The van der Waals surface area contributed by atoms with Crippen LogP contribution in [0.4, 0.5) is 0 Å². The molecule has 1 unspecified atom stereocenters. The molecule has 0 spiro atoms. The number of ether oxygens (including phenoxy) is 2. The van der Waals surface area contributed by atoms with Gasteiger partial charge in [0, 0.05) is 19.6 Å². The van der Waals surface area contributed by atoms with Crippen molar-refractivity contribution in [3.05, 3.63) is 59.2 Å². The minimum atomic E-state index is -0.00146. The van der Waals surface area contributed by atoms with Crippen molar-refractivity contribution in [3.8, 4) is 11.5 Å². The van der Waals surface area contributed by atoms with Crippen LogP contribution in [-0.2, 0) is 6.42 Å². The van der Waals surface area contributed by atoms with Crippen molar-refractivity contribution >= 4 is 18.3 Å². The Morgan fingerprint density at radius 3 is 2.70 bits per heavy atom. The highest BCUT2D eigenvalue weighted by Crippen LogP contribution is 2.35. The first-order valence-corrected chi connectivity index (χ1v) is 9.27. The molecule has 4 rings (SSSR count). The molecule has 1 fully saturated rings. The number of carbonyl (C=O) groups excluding carboxylic acids is 1. The van der Waals surface area contributed by atoms with Crippen LogP contribution < -0.4 is 14.8 Å². The van der Waals surface area contributed by atoms with E-state index in [-0.39, 0.29) is 24.4 Å². The lowest BCUT2D eigenvalue weighted by Crippen LogP contribution is -2.48. The van der Waals surface area contributed by atoms with Crippen LogP contribution in [0, 0.1) is 0 Å². The number of amides is 1. The second kappa shape index (κ2) is 8.63. The molecule has 6 heteroatoms. The number of para-hydroxylation sites is 1. The van der Waals surface area contributed by atoms with E-state index in [0.29, 0.717) is 36.8 Å².